The zero-order chi connectivity index (χ0) is 13.6. The van der Waals surface area contributed by atoms with Crippen LogP contribution in [0.15, 0.2) is 30.3 Å². The maximum Gasteiger partial charge on any atom is 0.186 e. The van der Waals surface area contributed by atoms with Crippen LogP contribution >= 0.6 is 11.6 Å². The minimum Gasteiger partial charge on any atom is -0.338 e. The van der Waals surface area contributed by atoms with Gasteiger partial charge in [-0.05, 0) is 30.3 Å². The third-order valence-electron chi connectivity index (χ3n) is 2.73. The molecular formula is C13H6ClF3N2. The monoisotopic (exact) mass is 282 g/mol. The van der Waals surface area contributed by atoms with Crippen LogP contribution in [-0.4, -0.2) is 9.97 Å². The summed E-state index contributed by atoms with van der Waals surface area (Å²) in [6, 6.07) is 6.26. The molecule has 96 valence electrons. The first-order valence-corrected chi connectivity index (χ1v) is 5.73. The van der Waals surface area contributed by atoms with Gasteiger partial charge in [-0.15, -0.1) is 0 Å². The highest BCUT2D eigenvalue weighted by molar-refractivity contribution is 6.30. The molecule has 1 aromatic heterocycles. The fraction of sp³-hybridized carbons (Fsp3) is 0. The third-order valence-corrected chi connectivity index (χ3v) is 2.96. The molecule has 0 aliphatic carbocycles. The number of hydrogen-bond acceptors (Lipinski definition) is 1. The van der Waals surface area contributed by atoms with Crippen LogP contribution in [0.3, 0.4) is 0 Å². The van der Waals surface area contributed by atoms with Crippen LogP contribution in [0.4, 0.5) is 13.2 Å². The van der Waals surface area contributed by atoms with Gasteiger partial charge in [0.15, 0.2) is 11.6 Å². The van der Waals surface area contributed by atoms with E-state index in [1.54, 1.807) is 0 Å². The van der Waals surface area contributed by atoms with E-state index in [0.717, 1.165) is 6.07 Å². The minimum absolute atomic E-state index is 0.0968. The Balaban J connectivity index is 2.26. The lowest BCUT2D eigenvalue weighted by atomic mass is 10.2. The lowest BCUT2D eigenvalue weighted by Crippen LogP contribution is -1.86. The second-order valence-corrected chi connectivity index (χ2v) is 4.40. The topological polar surface area (TPSA) is 28.7 Å². The molecule has 19 heavy (non-hydrogen) atoms. The number of aromatic amines is 1. The number of nitrogens with zero attached hydrogens (tertiary/aromatic N) is 1. The van der Waals surface area contributed by atoms with Gasteiger partial charge in [0, 0.05) is 5.02 Å². The normalized spacial score (nSPS) is 11.2. The highest BCUT2D eigenvalue weighted by Crippen LogP contribution is 2.27. The van der Waals surface area contributed by atoms with Gasteiger partial charge < -0.3 is 4.98 Å². The van der Waals surface area contributed by atoms with Crippen molar-refractivity contribution >= 4 is 22.6 Å². The molecular weight excluding hydrogens is 277 g/mol. The summed E-state index contributed by atoms with van der Waals surface area (Å²) in [6.45, 7) is 0. The van der Waals surface area contributed by atoms with Gasteiger partial charge in [0.2, 0.25) is 0 Å². The summed E-state index contributed by atoms with van der Waals surface area (Å²) in [5.41, 5.74) is 0.214. The third kappa shape index (κ3) is 1.96. The molecule has 1 N–H and O–H groups in total. The number of fused-ring (bicyclic) bond motifs is 1. The maximum atomic E-state index is 13.7. The van der Waals surface area contributed by atoms with Crippen molar-refractivity contribution < 1.29 is 13.2 Å². The van der Waals surface area contributed by atoms with E-state index in [4.69, 9.17) is 11.6 Å². The van der Waals surface area contributed by atoms with Gasteiger partial charge in [-0.3, -0.25) is 0 Å². The van der Waals surface area contributed by atoms with Crippen molar-refractivity contribution in [2.24, 2.45) is 0 Å². The highest BCUT2D eigenvalue weighted by Gasteiger charge is 2.15. The molecule has 3 rings (SSSR count). The van der Waals surface area contributed by atoms with E-state index in [1.807, 2.05) is 0 Å². The summed E-state index contributed by atoms with van der Waals surface area (Å²) >= 11 is 5.78. The highest BCUT2D eigenvalue weighted by atomic mass is 35.5. The first-order chi connectivity index (χ1) is 9.06. The van der Waals surface area contributed by atoms with Gasteiger partial charge >= 0.3 is 0 Å². The van der Waals surface area contributed by atoms with Crippen LogP contribution < -0.4 is 0 Å². The number of benzene rings is 2. The molecule has 0 aliphatic heterocycles. The Morgan fingerprint density at radius 2 is 1.74 bits per heavy atom. The van der Waals surface area contributed by atoms with E-state index < -0.39 is 17.5 Å². The van der Waals surface area contributed by atoms with Crippen molar-refractivity contribution in [2.45, 2.75) is 0 Å². The quantitative estimate of drug-likeness (QED) is 0.708. The summed E-state index contributed by atoms with van der Waals surface area (Å²) in [5, 5.41) is 0.323. The fourth-order valence-corrected chi connectivity index (χ4v) is 2.00. The molecule has 0 atom stereocenters. The zero-order valence-corrected chi connectivity index (χ0v) is 10.1. The standard InChI is InChI=1S/C13H6ClF3N2/c14-6-1-2-8(15)7(5-6)13-18-10-4-3-9(16)11(17)12(10)19-13/h1-5H,(H,18,19). The van der Waals surface area contributed by atoms with Gasteiger partial charge in [-0.1, -0.05) is 11.6 Å². The summed E-state index contributed by atoms with van der Waals surface area (Å²) in [4.78, 5) is 6.61. The first kappa shape index (κ1) is 12.0. The van der Waals surface area contributed by atoms with Gasteiger partial charge in [0.25, 0.3) is 0 Å². The average Bonchev–Trinajstić information content (AvgIpc) is 2.81. The molecule has 2 aromatic carbocycles. The van der Waals surface area contributed by atoms with E-state index in [0.29, 0.717) is 5.02 Å². The maximum absolute atomic E-state index is 13.7. The van der Waals surface area contributed by atoms with Gasteiger partial charge in [-0.2, -0.15) is 0 Å². The number of aromatic nitrogens is 2. The van der Waals surface area contributed by atoms with Crippen LogP contribution in [0.25, 0.3) is 22.4 Å². The van der Waals surface area contributed by atoms with Gasteiger partial charge in [-0.25, -0.2) is 18.2 Å². The van der Waals surface area contributed by atoms with Crippen LogP contribution in [0.5, 0.6) is 0 Å². The van der Waals surface area contributed by atoms with Crippen molar-refractivity contribution in [3.8, 4) is 11.4 Å². The minimum atomic E-state index is -1.07. The van der Waals surface area contributed by atoms with Crippen molar-refractivity contribution in [3.05, 3.63) is 52.8 Å². The van der Waals surface area contributed by atoms with Crippen LogP contribution in [0.2, 0.25) is 5.02 Å². The number of imidazole rings is 1. The molecule has 0 saturated carbocycles. The number of H-pyrrole nitrogens is 1. The Bertz CT molecular complexity index is 783. The molecule has 0 saturated heterocycles. The Labute approximate surface area is 110 Å². The summed E-state index contributed by atoms with van der Waals surface area (Å²) in [7, 11) is 0. The average molecular weight is 283 g/mol. The largest absolute Gasteiger partial charge is 0.338 e. The summed E-state index contributed by atoms with van der Waals surface area (Å²) in [5.74, 6) is -2.52. The number of hydrogen-bond donors (Lipinski definition) is 1. The molecule has 0 radical (unpaired) electrons. The molecule has 2 nitrogen and oxygen atoms in total. The second-order valence-electron chi connectivity index (χ2n) is 3.97. The Morgan fingerprint density at radius 3 is 2.53 bits per heavy atom. The summed E-state index contributed by atoms with van der Waals surface area (Å²) in [6.07, 6.45) is 0. The van der Waals surface area contributed by atoms with E-state index >= 15 is 0 Å². The molecule has 0 amide bonds. The van der Waals surface area contributed by atoms with E-state index in [9.17, 15) is 13.2 Å². The molecule has 6 heteroatoms. The number of halogens is 4. The zero-order valence-electron chi connectivity index (χ0n) is 9.35. The van der Waals surface area contributed by atoms with Crippen molar-refractivity contribution in [3.63, 3.8) is 0 Å². The fourth-order valence-electron chi connectivity index (χ4n) is 1.82. The van der Waals surface area contributed by atoms with Gasteiger partial charge in [0.05, 0.1) is 11.1 Å². The Kier molecular flexibility index (Phi) is 2.71. The predicted octanol–water partition coefficient (Wildman–Crippen LogP) is 4.30. The molecule has 0 unspecified atom stereocenters. The van der Waals surface area contributed by atoms with E-state index in [2.05, 4.69) is 9.97 Å². The SMILES string of the molecule is Fc1ccc(Cl)cc1-c1nc2c(F)c(F)ccc2[nH]1. The van der Waals surface area contributed by atoms with Gasteiger partial charge in [0.1, 0.15) is 17.2 Å². The van der Waals surface area contributed by atoms with Crippen LogP contribution in [0.1, 0.15) is 0 Å². The Morgan fingerprint density at radius 1 is 1.00 bits per heavy atom. The smallest absolute Gasteiger partial charge is 0.186 e. The van der Waals surface area contributed by atoms with Crippen molar-refractivity contribution in [1.82, 2.24) is 9.97 Å². The molecule has 0 aliphatic rings. The lowest BCUT2D eigenvalue weighted by molar-refractivity contribution is 0.515. The van der Waals surface area contributed by atoms with Crippen LogP contribution in [-0.2, 0) is 0 Å². The molecule has 1 heterocycles. The van der Waals surface area contributed by atoms with E-state index in [-0.39, 0.29) is 22.4 Å². The second kappa shape index (κ2) is 4.28. The van der Waals surface area contributed by atoms with Crippen LogP contribution in [0, 0.1) is 17.5 Å². The molecule has 0 fully saturated rings. The number of rotatable bonds is 1. The van der Waals surface area contributed by atoms with Crippen molar-refractivity contribution in [2.75, 3.05) is 0 Å². The van der Waals surface area contributed by atoms with Crippen molar-refractivity contribution in [1.29, 1.82) is 0 Å². The summed E-state index contributed by atoms with van der Waals surface area (Å²) < 4.78 is 40.3. The molecule has 0 bridgehead atoms. The lowest BCUT2D eigenvalue weighted by Gasteiger charge is -1.99. The Hall–Kier alpha value is -2.01. The molecule has 0 spiro atoms. The van der Waals surface area contributed by atoms with E-state index in [1.165, 1.54) is 24.3 Å². The predicted molar refractivity (Wildman–Crippen MR) is 66.4 cm³/mol. The molecule has 3 aromatic rings. The first-order valence-electron chi connectivity index (χ1n) is 5.35. The number of nitrogens with one attached hydrogen (secondary N) is 1.